The third kappa shape index (κ3) is 3.12. The lowest BCUT2D eigenvalue weighted by Crippen LogP contribution is -2.32. The molecule has 0 aliphatic carbocycles. The van der Waals surface area contributed by atoms with Crippen molar-refractivity contribution in [2.45, 2.75) is 13.5 Å². The molecule has 1 aromatic heterocycles. The van der Waals surface area contributed by atoms with E-state index >= 15 is 0 Å². The second-order valence-corrected chi connectivity index (χ2v) is 4.42. The van der Waals surface area contributed by atoms with E-state index < -0.39 is 0 Å². The van der Waals surface area contributed by atoms with Crippen molar-refractivity contribution in [1.82, 2.24) is 10.2 Å². The number of carbonyl (C=O) groups excluding carboxylic acids is 1. The molecule has 4 heteroatoms. The summed E-state index contributed by atoms with van der Waals surface area (Å²) < 4.78 is 0. The Balaban J connectivity index is 2.29. The molecule has 0 atom stereocenters. The first kappa shape index (κ1) is 11.2. The van der Waals surface area contributed by atoms with Gasteiger partial charge in [0.05, 0.1) is 6.54 Å². The van der Waals surface area contributed by atoms with Crippen molar-refractivity contribution in [1.29, 1.82) is 0 Å². The molecule has 1 rings (SSSR count). The fourth-order valence-corrected chi connectivity index (χ4v) is 1.90. The summed E-state index contributed by atoms with van der Waals surface area (Å²) in [4.78, 5) is 14.1. The summed E-state index contributed by atoms with van der Waals surface area (Å²) >= 11 is 1.72. The molecule has 78 valence electrons. The van der Waals surface area contributed by atoms with Crippen LogP contribution >= 0.6 is 11.3 Å². The lowest BCUT2D eigenvalue weighted by atomic mass is 10.3. The predicted molar refractivity (Wildman–Crippen MR) is 59.5 cm³/mol. The van der Waals surface area contributed by atoms with Crippen LogP contribution in [0.15, 0.2) is 11.4 Å². The molecule has 0 radical (unpaired) electrons. The van der Waals surface area contributed by atoms with Crippen molar-refractivity contribution in [2.75, 3.05) is 20.6 Å². The van der Waals surface area contributed by atoms with Crippen LogP contribution in [0.2, 0.25) is 0 Å². The molecule has 14 heavy (non-hydrogen) atoms. The van der Waals surface area contributed by atoms with Gasteiger partial charge >= 0.3 is 0 Å². The van der Waals surface area contributed by atoms with E-state index in [1.165, 1.54) is 10.4 Å². The molecule has 0 aliphatic heterocycles. The van der Waals surface area contributed by atoms with E-state index in [0.29, 0.717) is 6.54 Å². The van der Waals surface area contributed by atoms with Gasteiger partial charge in [-0.3, -0.25) is 4.79 Å². The van der Waals surface area contributed by atoms with Crippen molar-refractivity contribution in [3.8, 4) is 0 Å². The number of hydrogen-bond acceptors (Lipinski definition) is 3. The van der Waals surface area contributed by atoms with Gasteiger partial charge in [-0.15, -0.1) is 11.3 Å². The Morgan fingerprint density at radius 3 is 2.79 bits per heavy atom. The van der Waals surface area contributed by atoms with Crippen LogP contribution in [0, 0.1) is 6.92 Å². The Labute approximate surface area is 88.7 Å². The number of thiophene rings is 1. The quantitative estimate of drug-likeness (QED) is 0.814. The first-order valence-electron chi connectivity index (χ1n) is 4.55. The standard InChI is InChI=1S/C10H16N2OS/c1-8-4-5-14-9(8)6-11-7-10(13)12(2)3/h4-5,11H,6-7H2,1-3H3. The van der Waals surface area contributed by atoms with Crippen LogP contribution in [0.25, 0.3) is 0 Å². The van der Waals surface area contributed by atoms with Crippen LogP contribution in [-0.4, -0.2) is 31.4 Å². The summed E-state index contributed by atoms with van der Waals surface area (Å²) in [5, 5.41) is 5.20. The summed E-state index contributed by atoms with van der Waals surface area (Å²) in [6.45, 7) is 3.27. The molecule has 0 spiro atoms. The third-order valence-electron chi connectivity index (χ3n) is 2.03. The maximum Gasteiger partial charge on any atom is 0.236 e. The van der Waals surface area contributed by atoms with Gasteiger partial charge in [0.15, 0.2) is 0 Å². The molecule has 0 fully saturated rings. The Morgan fingerprint density at radius 2 is 2.29 bits per heavy atom. The zero-order chi connectivity index (χ0) is 10.6. The monoisotopic (exact) mass is 212 g/mol. The maximum atomic E-state index is 11.2. The third-order valence-corrected chi connectivity index (χ3v) is 3.05. The van der Waals surface area contributed by atoms with Gasteiger partial charge in [0, 0.05) is 25.5 Å². The van der Waals surface area contributed by atoms with E-state index in [-0.39, 0.29) is 5.91 Å². The minimum Gasteiger partial charge on any atom is -0.348 e. The number of carbonyl (C=O) groups is 1. The summed E-state index contributed by atoms with van der Waals surface area (Å²) in [5.41, 5.74) is 1.29. The van der Waals surface area contributed by atoms with Gasteiger partial charge in [-0.05, 0) is 23.9 Å². The number of nitrogens with zero attached hydrogens (tertiary/aromatic N) is 1. The number of nitrogens with one attached hydrogen (secondary N) is 1. The highest BCUT2D eigenvalue weighted by molar-refractivity contribution is 7.10. The topological polar surface area (TPSA) is 32.3 Å². The fraction of sp³-hybridized carbons (Fsp3) is 0.500. The van der Waals surface area contributed by atoms with Crippen molar-refractivity contribution in [3.05, 3.63) is 21.9 Å². The molecule has 3 nitrogen and oxygen atoms in total. The van der Waals surface area contributed by atoms with Crippen LogP contribution in [0.3, 0.4) is 0 Å². The van der Waals surface area contributed by atoms with Crippen molar-refractivity contribution < 1.29 is 4.79 Å². The van der Waals surface area contributed by atoms with Crippen LogP contribution in [0.1, 0.15) is 10.4 Å². The van der Waals surface area contributed by atoms with E-state index in [9.17, 15) is 4.79 Å². The summed E-state index contributed by atoms with van der Waals surface area (Å²) in [5.74, 6) is 0.110. The number of rotatable bonds is 4. The van der Waals surface area contributed by atoms with E-state index in [1.54, 1.807) is 30.3 Å². The molecular weight excluding hydrogens is 196 g/mol. The van der Waals surface area contributed by atoms with Gasteiger partial charge in [-0.1, -0.05) is 0 Å². The van der Waals surface area contributed by atoms with Crippen LogP contribution in [0.5, 0.6) is 0 Å². The van der Waals surface area contributed by atoms with Gasteiger partial charge in [0.25, 0.3) is 0 Å². The molecule has 1 N–H and O–H groups in total. The molecule has 1 aromatic rings. The van der Waals surface area contributed by atoms with E-state index in [1.807, 2.05) is 0 Å². The van der Waals surface area contributed by atoms with E-state index in [4.69, 9.17) is 0 Å². The SMILES string of the molecule is Cc1ccsc1CNCC(=O)N(C)C. The van der Waals surface area contributed by atoms with Gasteiger partial charge < -0.3 is 10.2 Å². The van der Waals surface area contributed by atoms with Crippen LogP contribution in [-0.2, 0) is 11.3 Å². The van der Waals surface area contributed by atoms with Gasteiger partial charge in [-0.2, -0.15) is 0 Å². The summed E-state index contributed by atoms with van der Waals surface area (Å²) in [6.07, 6.45) is 0. The number of aryl methyl sites for hydroxylation is 1. The Bertz CT molecular complexity index is 307. The van der Waals surface area contributed by atoms with Gasteiger partial charge in [0.1, 0.15) is 0 Å². The smallest absolute Gasteiger partial charge is 0.236 e. The predicted octanol–water partition coefficient (Wildman–Crippen LogP) is 1.23. The molecule has 0 bridgehead atoms. The fourth-order valence-electron chi connectivity index (χ4n) is 1.03. The minimum atomic E-state index is 0.110. The van der Waals surface area contributed by atoms with Crippen molar-refractivity contribution in [2.24, 2.45) is 0 Å². The molecule has 1 amide bonds. The van der Waals surface area contributed by atoms with E-state index in [2.05, 4.69) is 23.7 Å². The molecule has 0 unspecified atom stereocenters. The second kappa shape index (κ2) is 5.12. The Morgan fingerprint density at radius 1 is 1.57 bits per heavy atom. The number of likely N-dealkylation sites (N-methyl/N-ethyl adjacent to an activating group) is 1. The van der Waals surface area contributed by atoms with Gasteiger partial charge in [-0.25, -0.2) is 0 Å². The number of amides is 1. The maximum absolute atomic E-state index is 11.2. The van der Waals surface area contributed by atoms with Crippen LogP contribution in [0.4, 0.5) is 0 Å². The zero-order valence-corrected chi connectivity index (χ0v) is 9.65. The van der Waals surface area contributed by atoms with Crippen LogP contribution < -0.4 is 5.32 Å². The molecular formula is C10H16N2OS. The average Bonchev–Trinajstić information content (AvgIpc) is 2.51. The molecule has 0 saturated carbocycles. The first-order valence-corrected chi connectivity index (χ1v) is 5.43. The highest BCUT2D eigenvalue weighted by Gasteiger charge is 2.04. The Kier molecular flexibility index (Phi) is 4.10. The lowest BCUT2D eigenvalue weighted by molar-refractivity contribution is -0.127. The average molecular weight is 212 g/mol. The molecule has 0 aliphatic rings. The first-order chi connectivity index (χ1) is 6.61. The largest absolute Gasteiger partial charge is 0.348 e. The number of hydrogen-bond donors (Lipinski definition) is 1. The minimum absolute atomic E-state index is 0.110. The van der Waals surface area contributed by atoms with Crippen molar-refractivity contribution >= 4 is 17.2 Å². The molecule has 0 saturated heterocycles. The highest BCUT2D eigenvalue weighted by atomic mass is 32.1. The van der Waals surface area contributed by atoms with Crippen molar-refractivity contribution in [3.63, 3.8) is 0 Å². The molecule has 1 heterocycles. The summed E-state index contributed by atoms with van der Waals surface area (Å²) in [7, 11) is 3.53. The highest BCUT2D eigenvalue weighted by Crippen LogP contribution is 2.14. The zero-order valence-electron chi connectivity index (χ0n) is 8.83. The Hall–Kier alpha value is -0.870. The van der Waals surface area contributed by atoms with E-state index in [0.717, 1.165) is 6.54 Å². The second-order valence-electron chi connectivity index (χ2n) is 3.42. The summed E-state index contributed by atoms with van der Waals surface area (Å²) in [6, 6.07) is 2.09. The lowest BCUT2D eigenvalue weighted by Gasteiger charge is -2.10. The molecule has 0 aromatic carbocycles. The van der Waals surface area contributed by atoms with Gasteiger partial charge in [0.2, 0.25) is 5.91 Å². The normalized spacial score (nSPS) is 10.2.